The van der Waals surface area contributed by atoms with Crippen LogP contribution in [0.5, 0.6) is 0 Å². The number of fused-ring (bicyclic) bond motifs is 1. The fourth-order valence-electron chi connectivity index (χ4n) is 2.46. The maximum atomic E-state index is 4.27. The molecule has 0 saturated heterocycles. The average Bonchev–Trinajstić information content (AvgIpc) is 2.37. The van der Waals surface area contributed by atoms with Crippen LogP contribution in [0.3, 0.4) is 0 Å². The third-order valence-electron chi connectivity index (χ3n) is 3.71. The molecule has 0 bridgehead atoms. The van der Waals surface area contributed by atoms with Gasteiger partial charge in [-0.3, -0.25) is 4.99 Å². The first-order valence-corrected chi connectivity index (χ1v) is 7.23. The third-order valence-corrected chi connectivity index (χ3v) is 3.71. The lowest BCUT2D eigenvalue weighted by Crippen LogP contribution is -2.41. The van der Waals surface area contributed by atoms with Gasteiger partial charge in [0.15, 0.2) is 5.96 Å². The number of hydrogen-bond donors (Lipinski definition) is 2. The molecule has 1 aliphatic carbocycles. The Balaban J connectivity index is 1.73. The maximum absolute atomic E-state index is 4.27. The summed E-state index contributed by atoms with van der Waals surface area (Å²) in [5.74, 6) is 2.29. The van der Waals surface area contributed by atoms with Gasteiger partial charge in [0.1, 0.15) is 0 Å². The fraction of sp³-hybridized carbons (Fsp3) is 0.562. The van der Waals surface area contributed by atoms with Gasteiger partial charge >= 0.3 is 0 Å². The summed E-state index contributed by atoms with van der Waals surface area (Å²) in [6.45, 7) is 6.43. The van der Waals surface area contributed by atoms with Crippen LogP contribution in [-0.2, 0) is 6.42 Å². The topological polar surface area (TPSA) is 36.4 Å². The van der Waals surface area contributed by atoms with Crippen LogP contribution in [0.15, 0.2) is 29.3 Å². The summed E-state index contributed by atoms with van der Waals surface area (Å²) in [4.78, 5) is 4.27. The van der Waals surface area contributed by atoms with Crippen molar-refractivity contribution in [2.45, 2.75) is 32.6 Å². The van der Waals surface area contributed by atoms with Crippen LogP contribution in [0.1, 0.15) is 37.3 Å². The molecule has 1 aromatic carbocycles. The van der Waals surface area contributed by atoms with E-state index < -0.39 is 0 Å². The van der Waals surface area contributed by atoms with Crippen molar-refractivity contribution in [2.24, 2.45) is 10.9 Å². The van der Waals surface area contributed by atoms with Gasteiger partial charge in [0.05, 0.1) is 0 Å². The Morgan fingerprint density at radius 1 is 1.32 bits per heavy atom. The molecule has 0 aromatic heterocycles. The van der Waals surface area contributed by atoms with E-state index in [1.807, 2.05) is 7.05 Å². The minimum atomic E-state index is 0.639. The maximum Gasteiger partial charge on any atom is 0.190 e. The second-order valence-corrected chi connectivity index (χ2v) is 5.66. The Bertz CT molecular complexity index is 437. The Morgan fingerprint density at radius 2 is 2.11 bits per heavy atom. The van der Waals surface area contributed by atoms with Gasteiger partial charge < -0.3 is 10.6 Å². The first-order valence-electron chi connectivity index (χ1n) is 7.23. The molecule has 0 spiro atoms. The highest BCUT2D eigenvalue weighted by molar-refractivity contribution is 5.79. The lowest BCUT2D eigenvalue weighted by molar-refractivity contribution is 0.561. The SMILES string of the molecule is CN=C(NCCC(C)C)NCC1Cc2ccccc21. The van der Waals surface area contributed by atoms with Crippen LogP contribution in [0.2, 0.25) is 0 Å². The summed E-state index contributed by atoms with van der Waals surface area (Å²) in [5.41, 5.74) is 2.99. The molecule has 2 rings (SSSR count). The van der Waals surface area contributed by atoms with Crippen LogP contribution in [0.25, 0.3) is 0 Å². The van der Waals surface area contributed by atoms with Crippen LogP contribution in [0.4, 0.5) is 0 Å². The molecule has 1 aliphatic rings. The van der Waals surface area contributed by atoms with Crippen molar-refractivity contribution in [3.05, 3.63) is 35.4 Å². The van der Waals surface area contributed by atoms with E-state index in [1.54, 1.807) is 0 Å². The molecular formula is C16H25N3. The second-order valence-electron chi connectivity index (χ2n) is 5.66. The minimum Gasteiger partial charge on any atom is -0.356 e. The van der Waals surface area contributed by atoms with Crippen molar-refractivity contribution in [2.75, 3.05) is 20.1 Å². The van der Waals surface area contributed by atoms with E-state index in [1.165, 1.54) is 24.0 Å². The predicted molar refractivity (Wildman–Crippen MR) is 81.7 cm³/mol. The summed E-state index contributed by atoms with van der Waals surface area (Å²) in [7, 11) is 1.83. The van der Waals surface area contributed by atoms with Crippen molar-refractivity contribution < 1.29 is 0 Å². The van der Waals surface area contributed by atoms with Gasteiger partial charge in [0.25, 0.3) is 0 Å². The van der Waals surface area contributed by atoms with Crippen LogP contribution >= 0.6 is 0 Å². The van der Waals surface area contributed by atoms with Gasteiger partial charge in [-0.2, -0.15) is 0 Å². The first-order chi connectivity index (χ1) is 9.20. The monoisotopic (exact) mass is 259 g/mol. The Morgan fingerprint density at radius 3 is 2.79 bits per heavy atom. The second kappa shape index (κ2) is 6.60. The molecule has 1 atom stereocenters. The first kappa shape index (κ1) is 13.9. The molecule has 1 aromatic rings. The zero-order chi connectivity index (χ0) is 13.7. The molecule has 1 unspecified atom stereocenters. The van der Waals surface area contributed by atoms with Gasteiger partial charge in [-0.05, 0) is 29.9 Å². The summed E-state index contributed by atoms with van der Waals surface area (Å²) in [6, 6.07) is 8.71. The fourth-order valence-corrected chi connectivity index (χ4v) is 2.46. The molecule has 0 aliphatic heterocycles. The number of nitrogens with zero attached hydrogens (tertiary/aromatic N) is 1. The lowest BCUT2D eigenvalue weighted by atomic mass is 9.78. The van der Waals surface area contributed by atoms with Crippen molar-refractivity contribution >= 4 is 5.96 Å². The quantitative estimate of drug-likeness (QED) is 0.630. The number of rotatable bonds is 5. The van der Waals surface area contributed by atoms with Crippen molar-refractivity contribution in [3.8, 4) is 0 Å². The minimum absolute atomic E-state index is 0.639. The third kappa shape index (κ3) is 3.72. The van der Waals surface area contributed by atoms with E-state index in [-0.39, 0.29) is 0 Å². The van der Waals surface area contributed by atoms with E-state index in [0.29, 0.717) is 5.92 Å². The Labute approximate surface area is 116 Å². The van der Waals surface area contributed by atoms with Crippen molar-refractivity contribution in [1.82, 2.24) is 10.6 Å². The molecule has 0 saturated carbocycles. The molecule has 0 fully saturated rings. The standard InChI is InChI=1S/C16H25N3/c1-12(2)8-9-18-16(17-3)19-11-14-10-13-6-4-5-7-15(13)14/h4-7,12,14H,8-11H2,1-3H3,(H2,17,18,19). The average molecular weight is 259 g/mol. The van der Waals surface area contributed by atoms with Gasteiger partial charge in [0.2, 0.25) is 0 Å². The van der Waals surface area contributed by atoms with Gasteiger partial charge in [-0.25, -0.2) is 0 Å². The molecule has 0 radical (unpaired) electrons. The number of hydrogen-bond acceptors (Lipinski definition) is 1. The zero-order valence-electron chi connectivity index (χ0n) is 12.2. The molecule has 2 N–H and O–H groups in total. The number of benzene rings is 1. The van der Waals surface area contributed by atoms with E-state index in [9.17, 15) is 0 Å². The van der Waals surface area contributed by atoms with Gasteiger partial charge in [-0.1, -0.05) is 38.1 Å². The highest BCUT2D eigenvalue weighted by atomic mass is 15.2. The van der Waals surface area contributed by atoms with Crippen molar-refractivity contribution in [1.29, 1.82) is 0 Å². The molecule has 104 valence electrons. The molecule has 3 nitrogen and oxygen atoms in total. The van der Waals surface area contributed by atoms with E-state index in [4.69, 9.17) is 0 Å². The predicted octanol–water partition coefficient (Wildman–Crippen LogP) is 2.54. The number of aliphatic imine (C=N–C) groups is 1. The summed E-state index contributed by atoms with van der Waals surface area (Å²) in [6.07, 6.45) is 2.36. The molecule has 3 heteroatoms. The summed E-state index contributed by atoms with van der Waals surface area (Å²) < 4.78 is 0. The van der Waals surface area contributed by atoms with Crippen molar-refractivity contribution in [3.63, 3.8) is 0 Å². The molecular weight excluding hydrogens is 234 g/mol. The largest absolute Gasteiger partial charge is 0.356 e. The Kier molecular flexibility index (Phi) is 4.83. The van der Waals surface area contributed by atoms with Crippen LogP contribution in [0, 0.1) is 5.92 Å². The van der Waals surface area contributed by atoms with Crippen LogP contribution < -0.4 is 10.6 Å². The van der Waals surface area contributed by atoms with Gasteiger partial charge in [-0.15, -0.1) is 0 Å². The number of nitrogens with one attached hydrogen (secondary N) is 2. The summed E-state index contributed by atoms with van der Waals surface area (Å²) in [5, 5.41) is 6.79. The van der Waals surface area contributed by atoms with Crippen LogP contribution in [-0.4, -0.2) is 26.1 Å². The molecule has 0 amide bonds. The smallest absolute Gasteiger partial charge is 0.190 e. The number of guanidine groups is 1. The lowest BCUT2D eigenvalue weighted by Gasteiger charge is -2.30. The molecule has 19 heavy (non-hydrogen) atoms. The summed E-state index contributed by atoms with van der Waals surface area (Å²) >= 11 is 0. The van der Waals surface area contributed by atoms with E-state index >= 15 is 0 Å². The van der Waals surface area contributed by atoms with Gasteiger partial charge in [0, 0.05) is 26.1 Å². The van der Waals surface area contributed by atoms with E-state index in [2.05, 4.69) is 53.7 Å². The normalized spacial score (nSPS) is 17.9. The zero-order valence-corrected chi connectivity index (χ0v) is 12.2. The Hall–Kier alpha value is -1.51. The highest BCUT2D eigenvalue weighted by Crippen LogP contribution is 2.33. The van der Waals surface area contributed by atoms with E-state index in [0.717, 1.165) is 25.0 Å². The molecule has 0 heterocycles. The highest BCUT2D eigenvalue weighted by Gasteiger charge is 2.25.